The van der Waals surface area contributed by atoms with Crippen molar-refractivity contribution in [3.8, 4) is 0 Å². The van der Waals surface area contributed by atoms with Crippen LogP contribution in [-0.2, 0) is 20.9 Å². The van der Waals surface area contributed by atoms with Crippen LogP contribution in [0, 0.1) is 0 Å². The first-order chi connectivity index (χ1) is 21.9. The summed E-state index contributed by atoms with van der Waals surface area (Å²) in [4.78, 5) is 2.31. The van der Waals surface area contributed by atoms with Gasteiger partial charge < -0.3 is 4.90 Å². The summed E-state index contributed by atoms with van der Waals surface area (Å²) >= 11 is 7.17. The van der Waals surface area contributed by atoms with Crippen LogP contribution >= 0.6 is 11.6 Å². The van der Waals surface area contributed by atoms with E-state index < -0.39 is 10.1 Å². The third-order valence-corrected chi connectivity index (χ3v) is 11.2. The maximum atomic E-state index is 11.3. The molecule has 0 unspecified atom stereocenters. The fourth-order valence-electron chi connectivity index (χ4n) is 7.41. The number of rotatable bonds is 12. The van der Waals surface area contributed by atoms with Gasteiger partial charge in [0.1, 0.15) is 6.54 Å². The second-order valence-electron chi connectivity index (χ2n) is 13.9. The van der Waals surface area contributed by atoms with Gasteiger partial charge in [0.2, 0.25) is 5.69 Å². The fraction of sp³-hybridized carbons (Fsp3) is 0.462. The highest BCUT2D eigenvalue weighted by Crippen LogP contribution is 2.48. The first-order valence-corrected chi connectivity index (χ1v) is 18.9. The standard InChI is InChI=1S/C39H49ClN2O3S/c1-6-7-12-26-41-33-20-10-8-18-31(33)38(2,3)35(41)24-22-29-16-15-17-30(37(29)40)23-25-36-39(4,5)32-19-9-11-21-34(32)42(36)27-13-14-28-46(43,44)45/h8-11,18-25H,6-7,12-17,26-28H2,1-5H3/p+1. The monoisotopic (exact) mass is 661 g/mol. The molecule has 0 radical (unpaired) electrons. The molecule has 46 heavy (non-hydrogen) atoms. The molecule has 2 heterocycles. The third-order valence-electron chi connectivity index (χ3n) is 9.96. The Hall–Kier alpha value is -2.93. The lowest BCUT2D eigenvalue weighted by Crippen LogP contribution is -2.28. The SMILES string of the molecule is CCCCC[N+]1=C(C=CC2=C(Cl)C(=CC=C3N(CCCCS(=O)(=O)O)c4ccccc4C3(C)C)CCC2)C(C)(C)c2ccccc21. The summed E-state index contributed by atoms with van der Waals surface area (Å²) in [6.45, 7) is 13.1. The van der Waals surface area contributed by atoms with Gasteiger partial charge in [0.15, 0.2) is 5.71 Å². The molecule has 0 spiro atoms. The molecule has 246 valence electrons. The van der Waals surface area contributed by atoms with Crippen LogP contribution in [0.5, 0.6) is 0 Å². The molecule has 0 amide bonds. The Labute approximate surface area is 281 Å². The highest BCUT2D eigenvalue weighted by Gasteiger charge is 2.44. The minimum Gasteiger partial charge on any atom is -0.344 e. The van der Waals surface area contributed by atoms with Crippen molar-refractivity contribution in [3.63, 3.8) is 0 Å². The minimum atomic E-state index is -3.96. The largest absolute Gasteiger partial charge is 0.344 e. The van der Waals surface area contributed by atoms with Gasteiger partial charge in [0.05, 0.1) is 11.2 Å². The van der Waals surface area contributed by atoms with E-state index in [2.05, 4.69) is 111 Å². The third kappa shape index (κ3) is 7.14. The van der Waals surface area contributed by atoms with Crippen LogP contribution in [0.3, 0.4) is 0 Å². The van der Waals surface area contributed by atoms with E-state index >= 15 is 0 Å². The van der Waals surface area contributed by atoms with E-state index in [0.717, 1.165) is 42.1 Å². The summed E-state index contributed by atoms with van der Waals surface area (Å²) in [5.41, 5.74) is 9.63. The second kappa shape index (κ2) is 14.0. The maximum Gasteiger partial charge on any atom is 0.264 e. The molecule has 0 saturated carbocycles. The Balaban J connectivity index is 1.45. The Kier molecular flexibility index (Phi) is 10.5. The van der Waals surface area contributed by atoms with Crippen LogP contribution in [0.15, 0.2) is 94.7 Å². The molecule has 0 fully saturated rings. The topological polar surface area (TPSA) is 60.6 Å². The van der Waals surface area contributed by atoms with Crippen molar-refractivity contribution in [1.82, 2.24) is 0 Å². The molecule has 0 aromatic heterocycles. The van der Waals surface area contributed by atoms with Gasteiger partial charge in [0, 0.05) is 52.5 Å². The number of hydrogen-bond acceptors (Lipinski definition) is 3. The number of halogens is 1. The van der Waals surface area contributed by atoms with E-state index in [1.54, 1.807) is 0 Å². The first-order valence-electron chi connectivity index (χ1n) is 16.9. The van der Waals surface area contributed by atoms with Crippen LogP contribution in [0.1, 0.15) is 97.1 Å². The zero-order valence-electron chi connectivity index (χ0n) is 28.2. The van der Waals surface area contributed by atoms with Crippen molar-refractivity contribution < 1.29 is 17.5 Å². The predicted molar refractivity (Wildman–Crippen MR) is 193 cm³/mol. The zero-order chi connectivity index (χ0) is 33.1. The first kappa shape index (κ1) is 34.4. The van der Waals surface area contributed by atoms with Crippen LogP contribution < -0.4 is 4.90 Å². The Morgan fingerprint density at radius 2 is 1.61 bits per heavy atom. The molecule has 0 atom stereocenters. The number of fused-ring (bicyclic) bond motifs is 2. The Morgan fingerprint density at radius 1 is 0.891 bits per heavy atom. The molecule has 5 nitrogen and oxygen atoms in total. The molecule has 1 N–H and O–H groups in total. The van der Waals surface area contributed by atoms with E-state index in [9.17, 15) is 13.0 Å². The number of nitrogens with zero attached hydrogens (tertiary/aromatic N) is 2. The van der Waals surface area contributed by atoms with Gasteiger partial charge >= 0.3 is 0 Å². The molecule has 2 aromatic rings. The molecule has 7 heteroatoms. The Bertz CT molecular complexity index is 1730. The van der Waals surface area contributed by atoms with Gasteiger partial charge in [-0.25, -0.2) is 0 Å². The highest BCUT2D eigenvalue weighted by molar-refractivity contribution is 7.85. The summed E-state index contributed by atoms with van der Waals surface area (Å²) in [6.07, 6.45) is 16.6. The van der Waals surface area contributed by atoms with Gasteiger partial charge in [-0.15, -0.1) is 0 Å². The van der Waals surface area contributed by atoms with Gasteiger partial charge in [-0.3, -0.25) is 4.55 Å². The van der Waals surface area contributed by atoms with Gasteiger partial charge in [0.25, 0.3) is 10.1 Å². The lowest BCUT2D eigenvalue weighted by atomic mass is 9.81. The van der Waals surface area contributed by atoms with Crippen molar-refractivity contribution in [1.29, 1.82) is 0 Å². The quantitative estimate of drug-likeness (QED) is 0.140. The lowest BCUT2D eigenvalue weighted by molar-refractivity contribution is -0.438. The number of unbranched alkanes of at least 4 members (excludes halogenated alkanes) is 3. The molecule has 1 aliphatic carbocycles. The van der Waals surface area contributed by atoms with E-state index in [-0.39, 0.29) is 16.6 Å². The zero-order valence-corrected chi connectivity index (χ0v) is 29.7. The van der Waals surface area contributed by atoms with Crippen LogP contribution in [-0.4, -0.2) is 42.1 Å². The summed E-state index contributed by atoms with van der Waals surface area (Å²) < 4.78 is 34.3. The summed E-state index contributed by atoms with van der Waals surface area (Å²) in [5, 5.41) is 0.846. The second-order valence-corrected chi connectivity index (χ2v) is 15.9. The molecule has 2 aromatic carbocycles. The summed E-state index contributed by atoms with van der Waals surface area (Å²) in [5.74, 6) is -0.218. The summed E-state index contributed by atoms with van der Waals surface area (Å²) in [6, 6.07) is 17.3. The summed E-state index contributed by atoms with van der Waals surface area (Å²) in [7, 11) is -3.96. The Morgan fingerprint density at radius 3 is 2.35 bits per heavy atom. The number of benzene rings is 2. The van der Waals surface area contributed by atoms with Gasteiger partial charge in [-0.2, -0.15) is 13.0 Å². The number of allylic oxidation sites excluding steroid dienone is 8. The lowest BCUT2D eigenvalue weighted by Gasteiger charge is -2.27. The van der Waals surface area contributed by atoms with Crippen molar-refractivity contribution >= 4 is 38.8 Å². The number of para-hydroxylation sites is 2. The van der Waals surface area contributed by atoms with Crippen molar-refractivity contribution in [2.45, 2.75) is 96.8 Å². The molecule has 0 bridgehead atoms. The van der Waals surface area contributed by atoms with Crippen LogP contribution in [0.25, 0.3) is 0 Å². The van der Waals surface area contributed by atoms with Gasteiger partial charge in [-0.1, -0.05) is 87.3 Å². The number of anilines is 1. The van der Waals surface area contributed by atoms with Crippen LogP contribution in [0.2, 0.25) is 0 Å². The normalized spacial score (nSPS) is 20.8. The van der Waals surface area contributed by atoms with Crippen molar-refractivity contribution in [2.75, 3.05) is 23.7 Å². The molecule has 3 aliphatic rings. The van der Waals surface area contributed by atoms with Gasteiger partial charge in [-0.05, 0) is 81.2 Å². The average Bonchev–Trinajstić information content (AvgIpc) is 3.36. The highest BCUT2D eigenvalue weighted by atomic mass is 35.5. The molecule has 5 rings (SSSR count). The van der Waals surface area contributed by atoms with Crippen molar-refractivity contribution in [2.24, 2.45) is 0 Å². The fourth-order valence-corrected chi connectivity index (χ4v) is 8.29. The molecular weight excluding hydrogens is 612 g/mol. The van der Waals surface area contributed by atoms with Crippen LogP contribution in [0.4, 0.5) is 11.4 Å². The molecular formula is C39H50ClN2O3S+. The predicted octanol–water partition coefficient (Wildman–Crippen LogP) is 9.76. The average molecular weight is 662 g/mol. The minimum absolute atomic E-state index is 0.0853. The van der Waals surface area contributed by atoms with E-state index in [1.165, 1.54) is 53.1 Å². The van der Waals surface area contributed by atoms with E-state index in [1.807, 2.05) is 6.07 Å². The molecule has 0 saturated heterocycles. The van der Waals surface area contributed by atoms with Crippen molar-refractivity contribution in [3.05, 3.63) is 106 Å². The van der Waals surface area contributed by atoms with E-state index in [4.69, 9.17) is 11.6 Å². The van der Waals surface area contributed by atoms with E-state index in [0.29, 0.717) is 19.4 Å². The molecule has 2 aliphatic heterocycles. The maximum absolute atomic E-state index is 11.3. The number of hydrogen-bond donors (Lipinski definition) is 1. The smallest absolute Gasteiger partial charge is 0.264 e.